The van der Waals surface area contributed by atoms with E-state index < -0.39 is 18.4 Å². The molecule has 0 radical (unpaired) electrons. The summed E-state index contributed by atoms with van der Waals surface area (Å²) >= 11 is -2.42. The number of hydrogen-bond donors (Lipinski definition) is 0. The molecular weight excluding hydrogens is 415 g/mol. The molecular formula is C21H36N2OSn. The standard InChI is InChI=1S/C9H9N2O.3C4H9.Sn/c1-10-8-6-4-3-5-7(8)9(12)11(10)2;3*1-3-4-2;/h3,5-6H,1-2H3;3*1,3-4H2,2H3;. The summed E-state index contributed by atoms with van der Waals surface area (Å²) in [5, 5.41) is 0.871. The Labute approximate surface area is 157 Å². The Hall–Kier alpha value is -0.711. The van der Waals surface area contributed by atoms with E-state index in [0.717, 1.165) is 10.9 Å². The quantitative estimate of drug-likeness (QED) is 0.471. The van der Waals surface area contributed by atoms with Gasteiger partial charge in [0.25, 0.3) is 0 Å². The molecule has 0 bridgehead atoms. The number of hydrogen-bond acceptors (Lipinski definition) is 1. The van der Waals surface area contributed by atoms with Crippen LogP contribution in [0.15, 0.2) is 23.0 Å². The van der Waals surface area contributed by atoms with Crippen molar-refractivity contribution in [2.45, 2.75) is 72.6 Å². The van der Waals surface area contributed by atoms with Gasteiger partial charge in [-0.3, -0.25) is 0 Å². The van der Waals surface area contributed by atoms with Crippen LogP contribution in [0, 0.1) is 0 Å². The van der Waals surface area contributed by atoms with Crippen LogP contribution in [0.5, 0.6) is 0 Å². The van der Waals surface area contributed by atoms with E-state index in [2.05, 4.69) is 39.0 Å². The third kappa shape index (κ3) is 4.34. The molecule has 2 aromatic rings. The average molecular weight is 451 g/mol. The summed E-state index contributed by atoms with van der Waals surface area (Å²) < 4.78 is 9.82. The van der Waals surface area contributed by atoms with E-state index in [4.69, 9.17) is 0 Å². The summed E-state index contributed by atoms with van der Waals surface area (Å²) in [5.74, 6) is 0. The summed E-state index contributed by atoms with van der Waals surface area (Å²) in [6.07, 6.45) is 7.99. The zero-order valence-electron chi connectivity index (χ0n) is 16.9. The second-order valence-corrected chi connectivity index (χ2v) is 20.9. The maximum absolute atomic E-state index is 12.4. The van der Waals surface area contributed by atoms with Gasteiger partial charge in [-0.05, 0) is 0 Å². The van der Waals surface area contributed by atoms with Crippen molar-refractivity contribution in [3.63, 3.8) is 0 Å². The van der Waals surface area contributed by atoms with Gasteiger partial charge in [0.15, 0.2) is 0 Å². The van der Waals surface area contributed by atoms with Gasteiger partial charge in [-0.25, -0.2) is 0 Å². The molecule has 3 nitrogen and oxygen atoms in total. The summed E-state index contributed by atoms with van der Waals surface area (Å²) in [6, 6.07) is 6.84. The Morgan fingerprint density at radius 1 is 0.840 bits per heavy atom. The Kier molecular flexibility index (Phi) is 7.66. The van der Waals surface area contributed by atoms with E-state index in [1.54, 1.807) is 8.26 Å². The molecule has 0 saturated carbocycles. The molecule has 0 aliphatic heterocycles. The number of benzene rings is 1. The summed E-state index contributed by atoms with van der Waals surface area (Å²) in [6.45, 7) is 6.96. The van der Waals surface area contributed by atoms with Crippen molar-refractivity contribution in [1.82, 2.24) is 9.36 Å². The molecule has 0 amide bonds. The summed E-state index contributed by atoms with van der Waals surface area (Å²) in [5.41, 5.74) is 1.25. The van der Waals surface area contributed by atoms with E-state index in [1.165, 1.54) is 51.8 Å². The molecule has 0 fully saturated rings. The molecule has 1 aromatic heterocycles. The van der Waals surface area contributed by atoms with Crippen LogP contribution in [0.4, 0.5) is 0 Å². The van der Waals surface area contributed by atoms with Crippen LogP contribution in [0.25, 0.3) is 10.9 Å². The first-order valence-corrected chi connectivity index (χ1v) is 17.6. The van der Waals surface area contributed by atoms with Gasteiger partial charge in [0, 0.05) is 0 Å². The van der Waals surface area contributed by atoms with Crippen molar-refractivity contribution in [2.75, 3.05) is 0 Å². The number of rotatable bonds is 10. The predicted octanol–water partition coefficient (Wildman–Crippen LogP) is 4.93. The van der Waals surface area contributed by atoms with Gasteiger partial charge in [-0.2, -0.15) is 0 Å². The molecule has 0 atom stereocenters. The molecule has 140 valence electrons. The van der Waals surface area contributed by atoms with Crippen LogP contribution in [0.2, 0.25) is 13.3 Å². The molecule has 0 aliphatic rings. The molecule has 0 aliphatic carbocycles. The van der Waals surface area contributed by atoms with Crippen LogP contribution in [-0.4, -0.2) is 27.7 Å². The van der Waals surface area contributed by atoms with Crippen LogP contribution in [0.1, 0.15) is 59.3 Å². The van der Waals surface area contributed by atoms with Gasteiger partial charge in [-0.1, -0.05) is 0 Å². The zero-order valence-corrected chi connectivity index (χ0v) is 19.8. The van der Waals surface area contributed by atoms with E-state index in [1.807, 2.05) is 18.8 Å². The van der Waals surface area contributed by atoms with Crippen molar-refractivity contribution in [3.8, 4) is 0 Å². The van der Waals surface area contributed by atoms with Gasteiger partial charge in [0.1, 0.15) is 0 Å². The van der Waals surface area contributed by atoms with Crippen LogP contribution in [0.3, 0.4) is 0 Å². The molecule has 1 aromatic carbocycles. The second-order valence-electron chi connectivity index (χ2n) is 7.68. The molecule has 0 N–H and O–H groups in total. The fourth-order valence-corrected chi connectivity index (χ4v) is 20.1. The third-order valence-electron chi connectivity index (χ3n) is 5.96. The van der Waals surface area contributed by atoms with Crippen molar-refractivity contribution >= 4 is 32.9 Å². The van der Waals surface area contributed by atoms with Crippen LogP contribution in [-0.2, 0) is 14.1 Å². The van der Waals surface area contributed by atoms with Crippen molar-refractivity contribution < 1.29 is 0 Å². The first-order chi connectivity index (χ1) is 12.0. The molecule has 0 saturated heterocycles. The molecule has 0 unspecified atom stereocenters. The van der Waals surface area contributed by atoms with Crippen molar-refractivity contribution in [3.05, 3.63) is 28.6 Å². The van der Waals surface area contributed by atoms with Gasteiger partial charge in [0.2, 0.25) is 0 Å². The Morgan fingerprint density at radius 3 is 1.84 bits per heavy atom. The van der Waals surface area contributed by atoms with Crippen molar-refractivity contribution in [1.29, 1.82) is 0 Å². The molecule has 4 heteroatoms. The summed E-state index contributed by atoms with van der Waals surface area (Å²) in [7, 11) is 3.87. The Morgan fingerprint density at radius 2 is 1.36 bits per heavy atom. The second kappa shape index (κ2) is 9.29. The van der Waals surface area contributed by atoms with Crippen LogP contribution >= 0.6 is 0 Å². The molecule has 25 heavy (non-hydrogen) atoms. The van der Waals surface area contributed by atoms with Gasteiger partial charge in [-0.15, -0.1) is 0 Å². The topological polar surface area (TPSA) is 26.9 Å². The monoisotopic (exact) mass is 452 g/mol. The SMILES string of the molecule is CCC[CH2][Sn]([CH2]CCC)([CH2]CCC)[c]1ccc2c(=O)n(C)n(C)c2c1. The van der Waals surface area contributed by atoms with Gasteiger partial charge < -0.3 is 0 Å². The van der Waals surface area contributed by atoms with Gasteiger partial charge >= 0.3 is 157 Å². The zero-order chi connectivity index (χ0) is 18.4. The van der Waals surface area contributed by atoms with Crippen LogP contribution < -0.4 is 9.14 Å². The minimum atomic E-state index is -2.42. The molecule has 2 rings (SSSR count). The third-order valence-corrected chi connectivity index (χ3v) is 21.6. The normalized spacial score (nSPS) is 12.2. The number of aromatic nitrogens is 2. The predicted molar refractivity (Wildman–Crippen MR) is 113 cm³/mol. The van der Waals surface area contributed by atoms with Crippen molar-refractivity contribution in [2.24, 2.45) is 14.1 Å². The molecule has 1 heterocycles. The van der Waals surface area contributed by atoms with E-state index in [9.17, 15) is 4.79 Å². The van der Waals surface area contributed by atoms with E-state index in [0.29, 0.717) is 0 Å². The first kappa shape index (κ1) is 20.6. The minimum absolute atomic E-state index is 0.125. The van der Waals surface area contributed by atoms with Gasteiger partial charge in [0.05, 0.1) is 0 Å². The Bertz CT molecular complexity index is 722. The maximum atomic E-state index is 12.4. The first-order valence-electron chi connectivity index (χ1n) is 10.2. The summed E-state index contributed by atoms with van der Waals surface area (Å²) in [4.78, 5) is 12.4. The average Bonchev–Trinajstić information content (AvgIpc) is 2.85. The molecule has 0 spiro atoms. The van der Waals surface area contributed by atoms with E-state index >= 15 is 0 Å². The number of aryl methyl sites for hydroxylation is 1. The fraction of sp³-hybridized carbons (Fsp3) is 0.667. The Balaban J connectivity index is 2.55. The fourth-order valence-electron chi connectivity index (χ4n) is 4.14. The number of unbranched alkanes of at least 4 members (excludes halogenated alkanes) is 3. The van der Waals surface area contributed by atoms with E-state index in [-0.39, 0.29) is 5.56 Å². The number of fused-ring (bicyclic) bond motifs is 1. The number of nitrogens with zero attached hydrogens (tertiary/aromatic N) is 2.